The number of ether oxygens (including phenoxy) is 1. The third-order valence-electron chi connectivity index (χ3n) is 2.90. The monoisotopic (exact) mass is 266 g/mol. The molecule has 19 heavy (non-hydrogen) atoms. The van der Waals surface area contributed by atoms with Crippen LogP contribution in [0.25, 0.3) is 0 Å². The molecule has 0 aliphatic carbocycles. The van der Waals surface area contributed by atoms with Crippen LogP contribution in [0.1, 0.15) is 19.8 Å². The molecule has 102 valence electrons. The number of carbonyl (C=O) groups excluding carboxylic acids is 1. The zero-order chi connectivity index (χ0) is 14.0. The molecule has 0 unspecified atom stereocenters. The van der Waals surface area contributed by atoms with Crippen LogP contribution in [-0.4, -0.2) is 28.1 Å². The number of hydrogen-bond donors (Lipinski definition) is 2. The van der Waals surface area contributed by atoms with Crippen molar-refractivity contribution in [3.63, 3.8) is 0 Å². The van der Waals surface area contributed by atoms with E-state index in [1.165, 1.54) is 18.2 Å². The Morgan fingerprint density at radius 2 is 2.26 bits per heavy atom. The van der Waals surface area contributed by atoms with E-state index < -0.39 is 23.0 Å². The van der Waals surface area contributed by atoms with Gasteiger partial charge in [0.25, 0.3) is 11.6 Å². The van der Waals surface area contributed by atoms with Crippen LogP contribution in [0.2, 0.25) is 0 Å². The van der Waals surface area contributed by atoms with Crippen LogP contribution in [0, 0.1) is 10.1 Å². The van der Waals surface area contributed by atoms with E-state index >= 15 is 0 Å². The molecule has 1 aromatic rings. The van der Waals surface area contributed by atoms with Gasteiger partial charge in [0.2, 0.25) is 0 Å². The van der Waals surface area contributed by atoms with Crippen molar-refractivity contribution in [3.05, 3.63) is 28.3 Å². The molecular formula is C12H14N2O5. The van der Waals surface area contributed by atoms with Gasteiger partial charge in [0.15, 0.2) is 6.10 Å². The predicted octanol–water partition coefficient (Wildman–Crippen LogP) is 1.46. The number of nitro benzene ring substituents is 1. The SMILES string of the molecule is CCC[C@H]1Oc2ccc([N+](=O)[O-])cc2NC(=O)[C@@H]1O. The number of aliphatic hydroxyl groups is 1. The maximum Gasteiger partial charge on any atom is 0.271 e. The zero-order valence-electron chi connectivity index (χ0n) is 10.3. The van der Waals surface area contributed by atoms with Gasteiger partial charge >= 0.3 is 0 Å². The Kier molecular flexibility index (Phi) is 3.66. The van der Waals surface area contributed by atoms with E-state index in [0.717, 1.165) is 6.42 Å². The van der Waals surface area contributed by atoms with Crippen molar-refractivity contribution in [2.75, 3.05) is 5.32 Å². The number of benzene rings is 1. The summed E-state index contributed by atoms with van der Waals surface area (Å²) in [6.45, 7) is 1.91. The normalized spacial score (nSPS) is 21.9. The molecule has 0 aromatic heterocycles. The summed E-state index contributed by atoms with van der Waals surface area (Å²) in [4.78, 5) is 21.9. The number of nitrogens with zero attached hydrogens (tertiary/aromatic N) is 1. The number of anilines is 1. The number of aliphatic hydroxyl groups excluding tert-OH is 1. The third-order valence-corrected chi connectivity index (χ3v) is 2.90. The zero-order valence-corrected chi connectivity index (χ0v) is 10.3. The Bertz CT molecular complexity index is 517. The number of nitro groups is 1. The summed E-state index contributed by atoms with van der Waals surface area (Å²) in [5.41, 5.74) is 0.0583. The first-order chi connectivity index (χ1) is 9.02. The van der Waals surface area contributed by atoms with E-state index in [0.29, 0.717) is 12.2 Å². The van der Waals surface area contributed by atoms with E-state index in [1.807, 2.05) is 6.92 Å². The van der Waals surface area contributed by atoms with Crippen LogP contribution in [0.4, 0.5) is 11.4 Å². The van der Waals surface area contributed by atoms with Crippen LogP contribution in [0.3, 0.4) is 0 Å². The van der Waals surface area contributed by atoms with Gasteiger partial charge in [0, 0.05) is 12.1 Å². The summed E-state index contributed by atoms with van der Waals surface area (Å²) in [5, 5.41) is 23.0. The van der Waals surface area contributed by atoms with Gasteiger partial charge in [-0.1, -0.05) is 13.3 Å². The van der Waals surface area contributed by atoms with Gasteiger partial charge in [0.1, 0.15) is 11.9 Å². The molecular weight excluding hydrogens is 252 g/mol. The number of nitrogens with one attached hydrogen (secondary N) is 1. The molecule has 1 amide bonds. The van der Waals surface area contributed by atoms with Gasteiger partial charge in [-0.3, -0.25) is 14.9 Å². The molecule has 1 heterocycles. The van der Waals surface area contributed by atoms with Gasteiger partial charge in [0.05, 0.1) is 10.6 Å². The summed E-state index contributed by atoms with van der Waals surface area (Å²) < 4.78 is 5.56. The number of hydrogen-bond acceptors (Lipinski definition) is 5. The molecule has 0 fully saturated rings. The molecule has 2 rings (SSSR count). The Morgan fingerprint density at radius 3 is 2.89 bits per heavy atom. The van der Waals surface area contributed by atoms with Crippen molar-refractivity contribution < 1.29 is 19.6 Å². The van der Waals surface area contributed by atoms with E-state index in [-0.39, 0.29) is 11.4 Å². The minimum absolute atomic E-state index is 0.147. The van der Waals surface area contributed by atoms with Gasteiger partial charge in [-0.25, -0.2) is 0 Å². The van der Waals surface area contributed by atoms with Crippen LogP contribution in [0.15, 0.2) is 18.2 Å². The van der Waals surface area contributed by atoms with Crippen LogP contribution < -0.4 is 10.1 Å². The highest BCUT2D eigenvalue weighted by Crippen LogP contribution is 2.33. The molecule has 7 nitrogen and oxygen atoms in total. The van der Waals surface area contributed by atoms with Gasteiger partial charge in [-0.15, -0.1) is 0 Å². The fraction of sp³-hybridized carbons (Fsp3) is 0.417. The number of rotatable bonds is 3. The third kappa shape index (κ3) is 2.65. The van der Waals surface area contributed by atoms with Crippen molar-refractivity contribution in [1.29, 1.82) is 0 Å². The standard InChI is InChI=1S/C12H14N2O5/c1-2-3-10-11(15)12(16)13-8-6-7(14(17)18)4-5-9(8)19-10/h4-6,10-11,15H,2-3H2,1H3,(H,13,16)/t10-,11-/m1/s1. The largest absolute Gasteiger partial charge is 0.485 e. The lowest BCUT2D eigenvalue weighted by molar-refractivity contribution is -0.384. The summed E-state index contributed by atoms with van der Waals surface area (Å²) >= 11 is 0. The minimum Gasteiger partial charge on any atom is -0.485 e. The van der Waals surface area contributed by atoms with Crippen LogP contribution in [0.5, 0.6) is 5.75 Å². The minimum atomic E-state index is -1.29. The quantitative estimate of drug-likeness (QED) is 0.637. The van der Waals surface area contributed by atoms with Gasteiger partial charge < -0.3 is 15.2 Å². The number of amides is 1. The summed E-state index contributed by atoms with van der Waals surface area (Å²) in [6, 6.07) is 3.94. The fourth-order valence-corrected chi connectivity index (χ4v) is 1.94. The smallest absolute Gasteiger partial charge is 0.271 e. The highest BCUT2D eigenvalue weighted by Gasteiger charge is 2.32. The first-order valence-electron chi connectivity index (χ1n) is 5.97. The van der Waals surface area contributed by atoms with E-state index in [2.05, 4.69) is 5.32 Å². The molecule has 1 aromatic carbocycles. The lowest BCUT2D eigenvalue weighted by atomic mass is 10.1. The molecule has 2 atom stereocenters. The second kappa shape index (κ2) is 5.23. The number of carbonyl (C=O) groups is 1. The second-order valence-corrected chi connectivity index (χ2v) is 4.32. The Hall–Kier alpha value is -2.15. The van der Waals surface area contributed by atoms with Crippen molar-refractivity contribution in [2.45, 2.75) is 32.0 Å². The van der Waals surface area contributed by atoms with Gasteiger partial charge in [-0.05, 0) is 12.5 Å². The second-order valence-electron chi connectivity index (χ2n) is 4.32. The van der Waals surface area contributed by atoms with Gasteiger partial charge in [-0.2, -0.15) is 0 Å². The predicted molar refractivity (Wildman–Crippen MR) is 67.1 cm³/mol. The molecule has 0 saturated heterocycles. The average molecular weight is 266 g/mol. The molecule has 1 aliphatic rings. The fourth-order valence-electron chi connectivity index (χ4n) is 1.94. The summed E-state index contributed by atoms with van der Waals surface area (Å²) in [6.07, 6.45) is -0.665. The average Bonchev–Trinajstić information content (AvgIpc) is 2.48. The lowest BCUT2D eigenvalue weighted by Crippen LogP contribution is -2.39. The van der Waals surface area contributed by atoms with Crippen molar-refractivity contribution in [2.24, 2.45) is 0 Å². The topological polar surface area (TPSA) is 102 Å². The van der Waals surface area contributed by atoms with E-state index in [9.17, 15) is 20.0 Å². The van der Waals surface area contributed by atoms with Crippen molar-refractivity contribution in [1.82, 2.24) is 0 Å². The molecule has 2 N–H and O–H groups in total. The van der Waals surface area contributed by atoms with Crippen molar-refractivity contribution >= 4 is 17.3 Å². The molecule has 0 radical (unpaired) electrons. The highest BCUT2D eigenvalue weighted by atomic mass is 16.6. The first-order valence-corrected chi connectivity index (χ1v) is 5.97. The maximum atomic E-state index is 11.7. The molecule has 0 saturated carbocycles. The molecule has 1 aliphatic heterocycles. The Balaban J connectivity index is 2.37. The summed E-state index contributed by atoms with van der Waals surface area (Å²) in [5.74, 6) is -0.286. The molecule has 0 bridgehead atoms. The molecule has 0 spiro atoms. The Morgan fingerprint density at radius 1 is 1.53 bits per heavy atom. The van der Waals surface area contributed by atoms with Crippen LogP contribution in [-0.2, 0) is 4.79 Å². The summed E-state index contributed by atoms with van der Waals surface area (Å²) in [7, 11) is 0. The number of fused-ring (bicyclic) bond motifs is 1. The molecule has 7 heteroatoms. The maximum absolute atomic E-state index is 11.7. The van der Waals surface area contributed by atoms with E-state index in [1.54, 1.807) is 0 Å². The first kappa shape index (κ1) is 13.3. The number of non-ortho nitro benzene ring substituents is 1. The van der Waals surface area contributed by atoms with Crippen molar-refractivity contribution in [3.8, 4) is 5.75 Å². The lowest BCUT2D eigenvalue weighted by Gasteiger charge is -2.19. The van der Waals surface area contributed by atoms with E-state index in [4.69, 9.17) is 4.74 Å². The van der Waals surface area contributed by atoms with Crippen LogP contribution >= 0.6 is 0 Å². The highest BCUT2D eigenvalue weighted by molar-refractivity contribution is 5.96. The Labute approximate surface area is 109 Å².